The summed E-state index contributed by atoms with van der Waals surface area (Å²) in [6.45, 7) is 2.00. The van der Waals surface area contributed by atoms with Crippen LogP contribution in [0.25, 0.3) is 0 Å². The standard InChI is InChI=1S/C10H11BO/c1-6-5-8-7(10(6)12)3-2-4-9(8)11/h2-4,6H,5,11H2,1H3. The monoisotopic (exact) mass is 158 g/mol. The lowest BCUT2D eigenvalue weighted by Crippen LogP contribution is -2.09. The lowest BCUT2D eigenvalue weighted by atomic mass is 9.88. The zero-order valence-corrected chi connectivity index (χ0v) is 7.42. The molecule has 1 aromatic carbocycles. The fraction of sp³-hybridized carbons (Fsp3) is 0.300. The SMILES string of the molecule is Bc1cccc2c1CC(C)C2=O. The quantitative estimate of drug-likeness (QED) is 0.497. The van der Waals surface area contributed by atoms with Gasteiger partial charge >= 0.3 is 0 Å². The fourth-order valence-corrected chi connectivity index (χ4v) is 1.87. The average molecular weight is 158 g/mol. The largest absolute Gasteiger partial charge is 0.294 e. The van der Waals surface area contributed by atoms with E-state index in [0.717, 1.165) is 12.0 Å². The predicted molar refractivity (Wildman–Crippen MR) is 51.8 cm³/mol. The van der Waals surface area contributed by atoms with Crippen LogP contribution in [0.15, 0.2) is 18.2 Å². The molecular weight excluding hydrogens is 147 g/mol. The third kappa shape index (κ3) is 0.910. The normalized spacial score (nSPS) is 21.1. The van der Waals surface area contributed by atoms with Crippen LogP contribution in [-0.2, 0) is 6.42 Å². The smallest absolute Gasteiger partial charge is 0.166 e. The Bertz CT molecular complexity index is 344. The summed E-state index contributed by atoms with van der Waals surface area (Å²) in [5, 5.41) is 0. The van der Waals surface area contributed by atoms with Crippen LogP contribution in [0.5, 0.6) is 0 Å². The highest BCUT2D eigenvalue weighted by atomic mass is 16.1. The number of fused-ring (bicyclic) bond motifs is 1. The first kappa shape index (κ1) is 7.60. The summed E-state index contributed by atoms with van der Waals surface area (Å²) in [6.07, 6.45) is 0.931. The van der Waals surface area contributed by atoms with E-state index in [1.807, 2.05) is 19.1 Å². The molecule has 0 bridgehead atoms. The van der Waals surface area contributed by atoms with Gasteiger partial charge in [-0.05, 0) is 12.0 Å². The number of carbonyl (C=O) groups excluding carboxylic acids is 1. The van der Waals surface area contributed by atoms with Gasteiger partial charge in [-0.1, -0.05) is 30.6 Å². The van der Waals surface area contributed by atoms with Crippen LogP contribution in [0.1, 0.15) is 22.8 Å². The summed E-state index contributed by atoms with van der Waals surface area (Å²) in [5.74, 6) is 0.509. The predicted octanol–water partition coefficient (Wildman–Crippen LogP) is 0.320. The molecule has 0 saturated carbocycles. The minimum atomic E-state index is 0.195. The minimum Gasteiger partial charge on any atom is -0.294 e. The van der Waals surface area contributed by atoms with Gasteiger partial charge in [0.25, 0.3) is 0 Å². The minimum absolute atomic E-state index is 0.195. The van der Waals surface area contributed by atoms with Crippen molar-refractivity contribution in [3.05, 3.63) is 29.3 Å². The summed E-state index contributed by atoms with van der Waals surface area (Å²) < 4.78 is 0. The summed E-state index contributed by atoms with van der Waals surface area (Å²) >= 11 is 0. The van der Waals surface area contributed by atoms with Crippen LogP contribution in [0.3, 0.4) is 0 Å². The number of carbonyl (C=O) groups is 1. The zero-order chi connectivity index (χ0) is 8.72. The number of hydrogen-bond acceptors (Lipinski definition) is 1. The van der Waals surface area contributed by atoms with Gasteiger partial charge in [0, 0.05) is 11.5 Å². The second-order valence-corrected chi connectivity index (χ2v) is 3.57. The lowest BCUT2D eigenvalue weighted by molar-refractivity contribution is 0.0946. The average Bonchev–Trinajstić information content (AvgIpc) is 2.32. The maximum atomic E-state index is 11.5. The molecule has 0 radical (unpaired) electrons. The van der Waals surface area contributed by atoms with E-state index >= 15 is 0 Å². The third-order valence-electron chi connectivity index (χ3n) is 2.63. The molecule has 0 aromatic heterocycles. The number of benzene rings is 1. The number of rotatable bonds is 0. The van der Waals surface area contributed by atoms with E-state index in [4.69, 9.17) is 0 Å². The second-order valence-electron chi connectivity index (χ2n) is 3.57. The van der Waals surface area contributed by atoms with Gasteiger partial charge in [-0.2, -0.15) is 0 Å². The maximum absolute atomic E-state index is 11.5. The van der Waals surface area contributed by atoms with Gasteiger partial charge in [0.15, 0.2) is 5.78 Å². The molecular formula is C10H11BO. The summed E-state index contributed by atoms with van der Waals surface area (Å²) in [4.78, 5) is 11.5. The molecule has 2 rings (SSSR count). The van der Waals surface area contributed by atoms with E-state index in [-0.39, 0.29) is 5.92 Å². The molecule has 1 atom stereocenters. The third-order valence-corrected chi connectivity index (χ3v) is 2.63. The molecule has 0 spiro atoms. The first-order valence-corrected chi connectivity index (χ1v) is 4.33. The molecule has 2 heteroatoms. The Kier molecular flexibility index (Phi) is 1.57. The van der Waals surface area contributed by atoms with Crippen molar-refractivity contribution in [1.82, 2.24) is 0 Å². The van der Waals surface area contributed by atoms with E-state index < -0.39 is 0 Å². The Hall–Kier alpha value is -1.05. The molecule has 1 aliphatic carbocycles. The van der Waals surface area contributed by atoms with Crippen molar-refractivity contribution in [1.29, 1.82) is 0 Å². The van der Waals surface area contributed by atoms with E-state index in [9.17, 15) is 4.79 Å². The molecule has 1 aromatic rings. The van der Waals surface area contributed by atoms with Gasteiger partial charge in [-0.25, -0.2) is 0 Å². The van der Waals surface area contributed by atoms with Crippen molar-refractivity contribution >= 4 is 19.1 Å². The van der Waals surface area contributed by atoms with Gasteiger partial charge < -0.3 is 0 Å². The first-order chi connectivity index (χ1) is 5.70. The molecule has 0 saturated heterocycles. The Morgan fingerprint density at radius 1 is 1.50 bits per heavy atom. The Morgan fingerprint density at radius 2 is 2.25 bits per heavy atom. The van der Waals surface area contributed by atoms with Crippen LogP contribution in [-0.4, -0.2) is 13.6 Å². The number of ketones is 1. The number of hydrogen-bond donors (Lipinski definition) is 0. The first-order valence-electron chi connectivity index (χ1n) is 4.33. The van der Waals surface area contributed by atoms with Gasteiger partial charge in [0.1, 0.15) is 7.85 Å². The van der Waals surface area contributed by atoms with Crippen LogP contribution in [0.2, 0.25) is 0 Å². The van der Waals surface area contributed by atoms with E-state index in [2.05, 4.69) is 13.9 Å². The Balaban J connectivity index is 2.61. The molecule has 1 aliphatic rings. The van der Waals surface area contributed by atoms with Gasteiger partial charge in [-0.15, -0.1) is 0 Å². The van der Waals surface area contributed by atoms with Crippen molar-refractivity contribution in [2.24, 2.45) is 5.92 Å². The van der Waals surface area contributed by atoms with Gasteiger partial charge in [0.05, 0.1) is 0 Å². The van der Waals surface area contributed by atoms with Crippen LogP contribution in [0.4, 0.5) is 0 Å². The van der Waals surface area contributed by atoms with Crippen molar-refractivity contribution in [2.45, 2.75) is 13.3 Å². The number of Topliss-reactive ketones (excluding diaryl/α,β-unsaturated/α-hetero) is 1. The molecule has 0 N–H and O–H groups in total. The summed E-state index contributed by atoms with van der Waals surface area (Å²) in [6, 6.07) is 5.97. The molecule has 60 valence electrons. The zero-order valence-electron chi connectivity index (χ0n) is 7.42. The molecule has 1 unspecified atom stereocenters. The van der Waals surface area contributed by atoms with E-state index in [1.54, 1.807) is 0 Å². The van der Waals surface area contributed by atoms with E-state index in [1.165, 1.54) is 11.0 Å². The summed E-state index contributed by atoms with van der Waals surface area (Å²) in [7, 11) is 2.07. The van der Waals surface area contributed by atoms with Crippen molar-refractivity contribution in [2.75, 3.05) is 0 Å². The van der Waals surface area contributed by atoms with Crippen LogP contribution < -0.4 is 5.46 Å². The fourth-order valence-electron chi connectivity index (χ4n) is 1.87. The molecule has 12 heavy (non-hydrogen) atoms. The molecule has 0 aliphatic heterocycles. The van der Waals surface area contributed by atoms with E-state index in [0.29, 0.717) is 5.78 Å². The van der Waals surface area contributed by atoms with Gasteiger partial charge in [0.2, 0.25) is 0 Å². The highest BCUT2D eigenvalue weighted by Gasteiger charge is 2.27. The summed E-state index contributed by atoms with van der Waals surface area (Å²) in [5.41, 5.74) is 3.46. The van der Waals surface area contributed by atoms with Crippen molar-refractivity contribution < 1.29 is 4.79 Å². The molecule has 1 nitrogen and oxygen atoms in total. The van der Waals surface area contributed by atoms with Crippen molar-refractivity contribution in [3.8, 4) is 0 Å². The van der Waals surface area contributed by atoms with Gasteiger partial charge in [-0.3, -0.25) is 4.79 Å². The molecule has 0 amide bonds. The Morgan fingerprint density at radius 3 is 2.92 bits per heavy atom. The molecule has 0 fully saturated rings. The lowest BCUT2D eigenvalue weighted by Gasteiger charge is -2.00. The highest BCUT2D eigenvalue weighted by molar-refractivity contribution is 6.34. The Labute approximate surface area is 73.2 Å². The second kappa shape index (κ2) is 2.48. The highest BCUT2D eigenvalue weighted by Crippen LogP contribution is 2.24. The topological polar surface area (TPSA) is 17.1 Å². The van der Waals surface area contributed by atoms with Crippen molar-refractivity contribution in [3.63, 3.8) is 0 Å². The van der Waals surface area contributed by atoms with Crippen LogP contribution in [0, 0.1) is 5.92 Å². The van der Waals surface area contributed by atoms with Crippen LogP contribution >= 0.6 is 0 Å². The molecule has 0 heterocycles. The maximum Gasteiger partial charge on any atom is 0.166 e.